The van der Waals surface area contributed by atoms with Crippen molar-refractivity contribution in [3.63, 3.8) is 0 Å². The Morgan fingerprint density at radius 1 is 1.41 bits per heavy atom. The Morgan fingerprint density at radius 2 is 2.23 bits per heavy atom. The maximum atomic E-state index is 12.3. The molecule has 0 bridgehead atoms. The van der Waals surface area contributed by atoms with Gasteiger partial charge in [-0.1, -0.05) is 19.9 Å². The minimum Gasteiger partial charge on any atom is -0.367 e. The highest BCUT2D eigenvalue weighted by molar-refractivity contribution is 6.04. The molecule has 1 saturated heterocycles. The van der Waals surface area contributed by atoms with Crippen LogP contribution >= 0.6 is 0 Å². The first kappa shape index (κ1) is 14.7. The molecule has 2 heterocycles. The second-order valence-corrected chi connectivity index (χ2v) is 6.58. The number of carbonyl (C=O) groups excluding carboxylic acids is 1. The molecule has 1 aliphatic carbocycles. The molecule has 0 aromatic carbocycles. The van der Waals surface area contributed by atoms with Gasteiger partial charge in [-0.3, -0.25) is 4.79 Å². The topological polar surface area (TPSA) is 66.2 Å². The zero-order valence-corrected chi connectivity index (χ0v) is 12.9. The molecular weight excluding hydrogens is 278 g/mol. The van der Waals surface area contributed by atoms with Gasteiger partial charge in [-0.15, -0.1) is 0 Å². The van der Waals surface area contributed by atoms with E-state index in [1.165, 1.54) is 0 Å². The largest absolute Gasteiger partial charge is 0.367 e. The Balaban J connectivity index is 1.94. The van der Waals surface area contributed by atoms with E-state index in [0.29, 0.717) is 19.6 Å². The lowest BCUT2D eigenvalue weighted by Crippen LogP contribution is -2.56. The van der Waals surface area contributed by atoms with Crippen molar-refractivity contribution >= 4 is 11.6 Å². The van der Waals surface area contributed by atoms with Crippen molar-refractivity contribution < 1.29 is 9.53 Å². The predicted molar refractivity (Wildman–Crippen MR) is 82.2 cm³/mol. The lowest BCUT2D eigenvalue weighted by molar-refractivity contribution is -0.130. The van der Waals surface area contributed by atoms with Crippen LogP contribution in [0.5, 0.6) is 0 Å². The Morgan fingerprint density at radius 3 is 2.91 bits per heavy atom. The smallest absolute Gasteiger partial charge is 0.178 e. The molecule has 22 heavy (non-hydrogen) atoms. The van der Waals surface area contributed by atoms with Crippen LogP contribution in [-0.2, 0) is 9.53 Å². The Hall–Kier alpha value is -2.19. The fourth-order valence-electron chi connectivity index (χ4n) is 3.39. The highest BCUT2D eigenvalue weighted by Gasteiger charge is 2.48. The van der Waals surface area contributed by atoms with Gasteiger partial charge in [0.25, 0.3) is 0 Å². The molecule has 0 amide bonds. The maximum absolute atomic E-state index is 12.3. The van der Waals surface area contributed by atoms with E-state index in [2.05, 4.69) is 9.88 Å². The van der Waals surface area contributed by atoms with Crippen LogP contribution in [0.3, 0.4) is 0 Å². The first-order valence-electron chi connectivity index (χ1n) is 7.44. The van der Waals surface area contributed by atoms with Crippen LogP contribution in [0.15, 0.2) is 36.0 Å². The third kappa shape index (κ3) is 2.51. The van der Waals surface area contributed by atoms with E-state index in [-0.39, 0.29) is 11.4 Å². The summed E-state index contributed by atoms with van der Waals surface area (Å²) in [5, 5.41) is 9.27. The molecule has 1 aromatic heterocycles. The monoisotopic (exact) mass is 297 g/mol. The number of aromatic nitrogens is 1. The van der Waals surface area contributed by atoms with Gasteiger partial charge in [0.15, 0.2) is 5.78 Å². The molecule has 0 radical (unpaired) electrons. The zero-order chi connectivity index (χ0) is 15.8. The Bertz CT molecular complexity index is 660. The molecular formula is C17H19N3O2. The van der Waals surface area contributed by atoms with Crippen molar-refractivity contribution in [3.8, 4) is 6.07 Å². The summed E-state index contributed by atoms with van der Waals surface area (Å²) in [4.78, 5) is 18.8. The Labute approximate surface area is 130 Å². The molecule has 3 rings (SSSR count). The molecule has 1 atom stereocenters. The third-order valence-corrected chi connectivity index (χ3v) is 4.31. The molecule has 1 aliphatic heterocycles. The van der Waals surface area contributed by atoms with Gasteiger partial charge in [-0.25, -0.2) is 4.98 Å². The van der Waals surface area contributed by atoms with Crippen LogP contribution < -0.4 is 4.90 Å². The van der Waals surface area contributed by atoms with Crippen molar-refractivity contribution in [2.75, 3.05) is 24.6 Å². The number of pyridine rings is 1. The maximum Gasteiger partial charge on any atom is 0.178 e. The first-order chi connectivity index (χ1) is 10.5. The molecule has 0 saturated carbocycles. The van der Waals surface area contributed by atoms with Crippen molar-refractivity contribution in [1.29, 1.82) is 5.26 Å². The lowest BCUT2D eigenvalue weighted by Gasteiger charge is -2.46. The van der Waals surface area contributed by atoms with Crippen molar-refractivity contribution in [1.82, 2.24) is 4.98 Å². The van der Waals surface area contributed by atoms with Gasteiger partial charge in [0.05, 0.1) is 18.7 Å². The van der Waals surface area contributed by atoms with Gasteiger partial charge < -0.3 is 9.64 Å². The summed E-state index contributed by atoms with van der Waals surface area (Å²) in [7, 11) is 0. The van der Waals surface area contributed by atoms with Gasteiger partial charge in [0.1, 0.15) is 17.5 Å². The van der Waals surface area contributed by atoms with Crippen LogP contribution in [0.2, 0.25) is 0 Å². The number of hydrogen-bond donors (Lipinski definition) is 0. The second kappa shape index (κ2) is 5.22. The molecule has 5 heteroatoms. The summed E-state index contributed by atoms with van der Waals surface area (Å²) in [5.41, 5.74) is -0.982. The average molecular weight is 297 g/mol. The molecule has 0 N–H and O–H groups in total. The van der Waals surface area contributed by atoms with Crippen molar-refractivity contribution in [3.05, 3.63) is 36.0 Å². The van der Waals surface area contributed by atoms with E-state index in [1.54, 1.807) is 12.3 Å². The minimum atomic E-state index is -0.599. The normalized spacial score (nSPS) is 27.4. The number of anilines is 1. The van der Waals surface area contributed by atoms with E-state index in [1.807, 2.05) is 38.1 Å². The van der Waals surface area contributed by atoms with E-state index in [4.69, 9.17) is 4.74 Å². The zero-order valence-electron chi connectivity index (χ0n) is 12.9. The minimum absolute atomic E-state index is 0.0980. The Kier molecular flexibility index (Phi) is 3.50. The van der Waals surface area contributed by atoms with Gasteiger partial charge in [-0.05, 0) is 24.6 Å². The third-order valence-electron chi connectivity index (χ3n) is 4.31. The number of ether oxygens (including phenoxy) is 1. The summed E-state index contributed by atoms with van der Waals surface area (Å²) in [6.07, 6.45) is 4.06. The highest BCUT2D eigenvalue weighted by atomic mass is 16.5. The molecule has 5 nitrogen and oxygen atoms in total. The fraction of sp³-hybridized carbons (Fsp3) is 0.471. The van der Waals surface area contributed by atoms with Crippen molar-refractivity contribution in [2.24, 2.45) is 5.41 Å². The number of ketones is 1. The summed E-state index contributed by atoms with van der Waals surface area (Å²) in [5.74, 6) is 0.797. The van der Waals surface area contributed by atoms with Crippen LogP contribution in [0, 0.1) is 16.7 Å². The second-order valence-electron chi connectivity index (χ2n) is 6.58. The highest BCUT2D eigenvalue weighted by Crippen LogP contribution is 2.41. The molecule has 2 aliphatic rings. The SMILES string of the molecule is CC1(C)CC2(C=C(C#N)C1=O)CN(c1ccccn1)CCO2. The number of carbonyl (C=O) groups is 1. The van der Waals surface area contributed by atoms with Crippen LogP contribution in [0.4, 0.5) is 5.82 Å². The number of rotatable bonds is 1. The average Bonchev–Trinajstić information content (AvgIpc) is 2.51. The van der Waals surface area contributed by atoms with E-state index in [0.717, 1.165) is 12.4 Å². The molecule has 1 aromatic rings. The molecule has 1 spiro atoms. The lowest BCUT2D eigenvalue weighted by atomic mass is 9.69. The summed E-state index contributed by atoms with van der Waals surface area (Å²) in [6.45, 7) is 5.67. The quantitative estimate of drug-likeness (QED) is 0.794. The molecule has 114 valence electrons. The molecule has 1 unspecified atom stereocenters. The summed E-state index contributed by atoms with van der Waals surface area (Å²) >= 11 is 0. The van der Waals surface area contributed by atoms with Crippen molar-refractivity contribution in [2.45, 2.75) is 25.9 Å². The first-order valence-corrected chi connectivity index (χ1v) is 7.44. The summed E-state index contributed by atoms with van der Waals surface area (Å²) in [6, 6.07) is 7.84. The summed E-state index contributed by atoms with van der Waals surface area (Å²) < 4.78 is 6.03. The number of hydrogen-bond acceptors (Lipinski definition) is 5. The fourth-order valence-corrected chi connectivity index (χ4v) is 3.39. The standard InChI is InChI=1S/C17H19N3O2/c1-16(2)11-17(9-13(10-18)15(16)21)12-20(7-8-22-17)14-5-3-4-6-19-14/h3-6,9H,7-8,11-12H2,1-2H3. The van der Waals surface area contributed by atoms with E-state index < -0.39 is 11.0 Å². The number of Topliss-reactive ketones (excluding diaryl/α,β-unsaturated/α-hetero) is 1. The number of allylic oxidation sites excluding steroid dienone is 1. The van der Waals surface area contributed by atoms with E-state index >= 15 is 0 Å². The predicted octanol–water partition coefficient (Wildman–Crippen LogP) is 2.11. The molecule has 1 fully saturated rings. The number of morpholine rings is 1. The van der Waals surface area contributed by atoms with Crippen LogP contribution in [-0.4, -0.2) is 36.1 Å². The number of nitriles is 1. The number of nitrogens with zero attached hydrogens (tertiary/aromatic N) is 3. The van der Waals surface area contributed by atoms with Gasteiger partial charge >= 0.3 is 0 Å². The van der Waals surface area contributed by atoms with Gasteiger partial charge in [0, 0.05) is 18.2 Å². The van der Waals surface area contributed by atoms with Gasteiger partial charge in [0.2, 0.25) is 0 Å². The van der Waals surface area contributed by atoms with Crippen LogP contribution in [0.1, 0.15) is 20.3 Å². The van der Waals surface area contributed by atoms with Crippen LogP contribution in [0.25, 0.3) is 0 Å². The van der Waals surface area contributed by atoms with Gasteiger partial charge in [-0.2, -0.15) is 5.26 Å². The van der Waals surface area contributed by atoms with E-state index in [9.17, 15) is 10.1 Å².